The molecule has 1 amide bonds. The Balaban J connectivity index is 1.63. The third-order valence-electron chi connectivity index (χ3n) is 4.59. The zero-order chi connectivity index (χ0) is 22.8. The van der Waals surface area contributed by atoms with Gasteiger partial charge in [-0.15, -0.1) is 0 Å². The van der Waals surface area contributed by atoms with Crippen LogP contribution in [0.2, 0.25) is 5.02 Å². The van der Waals surface area contributed by atoms with Crippen LogP contribution in [0.3, 0.4) is 0 Å². The molecule has 1 aliphatic heterocycles. The van der Waals surface area contributed by atoms with Crippen molar-refractivity contribution in [1.82, 2.24) is 0 Å². The van der Waals surface area contributed by atoms with E-state index in [1.54, 1.807) is 42.5 Å². The number of amides is 1. The van der Waals surface area contributed by atoms with E-state index in [0.717, 1.165) is 22.2 Å². The lowest BCUT2D eigenvalue weighted by Gasteiger charge is -2.14. The highest BCUT2D eigenvalue weighted by atomic mass is 35.5. The molecule has 1 saturated heterocycles. The van der Waals surface area contributed by atoms with E-state index < -0.39 is 4.92 Å². The number of anilines is 1. The first-order valence-corrected chi connectivity index (χ1v) is 11.8. The predicted molar refractivity (Wildman–Crippen MR) is 136 cm³/mol. The summed E-state index contributed by atoms with van der Waals surface area (Å²) < 4.78 is 0.379. The lowest BCUT2D eigenvalue weighted by atomic mass is 10.2. The number of aryl methyl sites for hydroxylation is 1. The average molecular weight is 499 g/mol. The van der Waals surface area contributed by atoms with Gasteiger partial charge >= 0.3 is 0 Å². The van der Waals surface area contributed by atoms with Crippen LogP contribution in [0.5, 0.6) is 0 Å². The number of carbonyl (C=O) groups excluding carboxylic acids is 1. The Labute approximate surface area is 203 Å². The van der Waals surface area contributed by atoms with Crippen LogP contribution in [0.1, 0.15) is 11.1 Å². The van der Waals surface area contributed by atoms with Crippen molar-refractivity contribution in [2.75, 3.05) is 4.90 Å². The largest absolute Gasteiger partial charge is 0.283 e. The zero-order valence-electron chi connectivity index (χ0n) is 16.7. The Morgan fingerprint density at radius 2 is 1.88 bits per heavy atom. The van der Waals surface area contributed by atoms with Gasteiger partial charge in [-0.3, -0.25) is 19.8 Å². The third-order valence-corrected chi connectivity index (χ3v) is 7.20. The fourth-order valence-corrected chi connectivity index (χ4v) is 5.43. The number of nitro benzene ring substituents is 1. The fraction of sp³-hybridized carbons (Fsp3) is 0.0435. The number of nitro groups is 1. The van der Waals surface area contributed by atoms with Crippen LogP contribution in [-0.4, -0.2) is 15.2 Å². The van der Waals surface area contributed by atoms with E-state index in [9.17, 15) is 14.9 Å². The van der Waals surface area contributed by atoms with E-state index in [2.05, 4.69) is 0 Å². The van der Waals surface area contributed by atoms with Crippen LogP contribution < -0.4 is 4.90 Å². The van der Waals surface area contributed by atoms with Gasteiger partial charge in [0.1, 0.15) is 0 Å². The van der Waals surface area contributed by atoms with Crippen LogP contribution >= 0.6 is 47.3 Å². The van der Waals surface area contributed by atoms with Gasteiger partial charge < -0.3 is 0 Å². The quantitative estimate of drug-likeness (QED) is 0.161. The first-order chi connectivity index (χ1) is 15.3. The molecule has 32 heavy (non-hydrogen) atoms. The number of carbonyl (C=O) groups is 1. The van der Waals surface area contributed by atoms with E-state index >= 15 is 0 Å². The highest BCUT2D eigenvalue weighted by Crippen LogP contribution is 2.39. The van der Waals surface area contributed by atoms with Gasteiger partial charge in [-0.2, -0.15) is 0 Å². The number of hydrogen-bond donors (Lipinski definition) is 0. The maximum atomic E-state index is 13.0. The van der Waals surface area contributed by atoms with E-state index in [1.807, 2.05) is 31.2 Å². The van der Waals surface area contributed by atoms with Crippen LogP contribution in [0.4, 0.5) is 11.4 Å². The molecule has 0 aromatic heterocycles. The maximum absolute atomic E-state index is 13.0. The summed E-state index contributed by atoms with van der Waals surface area (Å²) >= 11 is 13.9. The predicted octanol–water partition coefficient (Wildman–Crippen LogP) is 7.11. The lowest BCUT2D eigenvalue weighted by molar-refractivity contribution is -0.387. The molecule has 0 saturated carbocycles. The molecule has 0 aliphatic carbocycles. The van der Waals surface area contributed by atoms with Crippen molar-refractivity contribution >= 4 is 75.0 Å². The van der Waals surface area contributed by atoms with Gasteiger partial charge in [0.25, 0.3) is 11.6 Å². The lowest BCUT2D eigenvalue weighted by Crippen LogP contribution is -2.27. The monoisotopic (exact) mass is 498 g/mol. The molecule has 5 nitrogen and oxygen atoms in total. The van der Waals surface area contributed by atoms with Crippen molar-refractivity contribution in [3.8, 4) is 0 Å². The third kappa shape index (κ3) is 4.88. The van der Waals surface area contributed by atoms with Gasteiger partial charge in [0.15, 0.2) is 4.32 Å². The molecule has 0 atom stereocenters. The topological polar surface area (TPSA) is 63.5 Å². The summed E-state index contributed by atoms with van der Waals surface area (Å²) in [5, 5.41) is 12.2. The van der Waals surface area contributed by atoms with Crippen molar-refractivity contribution < 1.29 is 9.72 Å². The van der Waals surface area contributed by atoms with Crippen LogP contribution in [0.25, 0.3) is 6.08 Å². The molecule has 1 aliphatic rings. The number of thiocarbonyl (C=S) groups is 1. The average Bonchev–Trinajstić information content (AvgIpc) is 3.03. The molecule has 9 heteroatoms. The summed E-state index contributed by atoms with van der Waals surface area (Å²) in [5.41, 5.74) is 2.24. The van der Waals surface area contributed by atoms with Gasteiger partial charge in [0.2, 0.25) is 0 Å². The van der Waals surface area contributed by atoms with E-state index in [4.69, 9.17) is 23.8 Å². The molecule has 0 bridgehead atoms. The van der Waals surface area contributed by atoms with Gasteiger partial charge in [-0.25, -0.2) is 0 Å². The molecular weight excluding hydrogens is 484 g/mol. The molecule has 1 fully saturated rings. The number of benzene rings is 3. The van der Waals surface area contributed by atoms with Crippen molar-refractivity contribution in [3.63, 3.8) is 0 Å². The fourth-order valence-electron chi connectivity index (χ4n) is 3.04. The van der Waals surface area contributed by atoms with E-state index in [-0.39, 0.29) is 11.6 Å². The molecule has 0 radical (unpaired) electrons. The molecular formula is C23H15ClN2O3S3. The van der Waals surface area contributed by atoms with Crippen molar-refractivity contribution in [2.24, 2.45) is 0 Å². The normalized spacial score (nSPS) is 14.9. The van der Waals surface area contributed by atoms with Gasteiger partial charge in [-0.1, -0.05) is 77.2 Å². The highest BCUT2D eigenvalue weighted by Gasteiger charge is 2.33. The standard InChI is InChI=1S/C23H15ClN2O3S3/c1-14-5-8-18(9-6-14)31-20-10-7-15(11-19(20)26(28)29)12-21-22(27)25(23(30)32-21)17-4-2-3-16(24)13-17/h2-13H,1H3. The summed E-state index contributed by atoms with van der Waals surface area (Å²) in [7, 11) is 0. The molecule has 3 aromatic rings. The number of hydrogen-bond acceptors (Lipinski definition) is 6. The molecule has 0 spiro atoms. The van der Waals surface area contributed by atoms with Crippen LogP contribution in [-0.2, 0) is 4.79 Å². The minimum absolute atomic E-state index is 0.0188. The van der Waals surface area contributed by atoms with Gasteiger partial charge in [-0.05, 0) is 55.0 Å². The van der Waals surface area contributed by atoms with E-state index in [1.165, 1.54) is 22.7 Å². The minimum atomic E-state index is -0.412. The minimum Gasteiger partial charge on any atom is -0.268 e. The van der Waals surface area contributed by atoms with Gasteiger partial charge in [0.05, 0.1) is 20.4 Å². The molecule has 160 valence electrons. The Bertz CT molecular complexity index is 1280. The molecule has 4 rings (SSSR count). The smallest absolute Gasteiger partial charge is 0.268 e. The number of nitrogens with zero attached hydrogens (tertiary/aromatic N) is 2. The first-order valence-electron chi connectivity index (χ1n) is 9.38. The SMILES string of the molecule is Cc1ccc(Sc2ccc(C=C3SC(=S)N(c4cccc(Cl)c4)C3=O)cc2[N+](=O)[O-])cc1. The summed E-state index contributed by atoms with van der Waals surface area (Å²) in [5.74, 6) is -0.289. The second kappa shape index (κ2) is 9.46. The number of rotatable bonds is 5. The number of halogens is 1. The molecule has 3 aromatic carbocycles. The zero-order valence-corrected chi connectivity index (χ0v) is 19.9. The van der Waals surface area contributed by atoms with Crippen LogP contribution in [0.15, 0.2) is 81.4 Å². The molecule has 0 unspecified atom stereocenters. The van der Waals surface area contributed by atoms with E-state index in [0.29, 0.717) is 30.4 Å². The van der Waals surface area contributed by atoms with Gasteiger partial charge in [0, 0.05) is 16.0 Å². The summed E-state index contributed by atoms with van der Waals surface area (Å²) in [6, 6.07) is 19.6. The highest BCUT2D eigenvalue weighted by molar-refractivity contribution is 8.27. The molecule has 0 N–H and O–H groups in total. The Morgan fingerprint density at radius 1 is 1.12 bits per heavy atom. The Kier molecular flexibility index (Phi) is 6.66. The van der Waals surface area contributed by atoms with Crippen molar-refractivity contribution in [2.45, 2.75) is 16.7 Å². The summed E-state index contributed by atoms with van der Waals surface area (Å²) in [4.78, 5) is 27.5. The van der Waals surface area contributed by atoms with Crippen molar-refractivity contribution in [1.29, 1.82) is 0 Å². The van der Waals surface area contributed by atoms with Crippen LogP contribution in [0, 0.1) is 17.0 Å². The molecule has 1 heterocycles. The Hall–Kier alpha value is -2.65. The number of thioether (sulfide) groups is 1. The Morgan fingerprint density at radius 3 is 2.56 bits per heavy atom. The first kappa shape index (κ1) is 22.5. The summed E-state index contributed by atoms with van der Waals surface area (Å²) in [6.45, 7) is 1.99. The second-order valence-electron chi connectivity index (χ2n) is 6.90. The van der Waals surface area contributed by atoms with Crippen molar-refractivity contribution in [3.05, 3.63) is 97.9 Å². The maximum Gasteiger partial charge on any atom is 0.283 e. The second-order valence-corrected chi connectivity index (χ2v) is 10.1. The summed E-state index contributed by atoms with van der Waals surface area (Å²) in [6.07, 6.45) is 1.62.